The predicted molar refractivity (Wildman–Crippen MR) is 72.6 cm³/mol. The van der Waals surface area contributed by atoms with Crippen molar-refractivity contribution in [1.29, 1.82) is 0 Å². The molecule has 0 aliphatic carbocycles. The highest BCUT2D eigenvalue weighted by atomic mass is 32.1. The normalized spacial score (nSPS) is 11.6. The zero-order valence-electron chi connectivity index (χ0n) is 10.6. The number of hydrogen-bond acceptors (Lipinski definition) is 2. The summed E-state index contributed by atoms with van der Waals surface area (Å²) in [5.41, 5.74) is 0.671. The molecule has 0 saturated heterocycles. The minimum absolute atomic E-state index is 0.124. The van der Waals surface area contributed by atoms with Gasteiger partial charge in [0.05, 0.1) is 5.56 Å². The summed E-state index contributed by atoms with van der Waals surface area (Å²) in [7, 11) is 0. The van der Waals surface area contributed by atoms with Crippen LogP contribution in [0.25, 0.3) is 0 Å². The van der Waals surface area contributed by atoms with E-state index in [0.29, 0.717) is 6.54 Å². The van der Waals surface area contributed by atoms with E-state index in [9.17, 15) is 13.2 Å². The molecule has 0 bridgehead atoms. The largest absolute Gasteiger partial charge is 0.418 e. The lowest BCUT2D eigenvalue weighted by Crippen LogP contribution is -2.10. The fourth-order valence-electron chi connectivity index (χ4n) is 1.80. The van der Waals surface area contributed by atoms with Crippen LogP contribution in [0.3, 0.4) is 0 Å². The van der Waals surface area contributed by atoms with E-state index in [4.69, 9.17) is 0 Å². The molecule has 2 rings (SSSR count). The number of halogens is 3. The molecule has 0 fully saturated rings. The van der Waals surface area contributed by atoms with Crippen LogP contribution in [0.1, 0.15) is 20.9 Å². The van der Waals surface area contributed by atoms with Crippen LogP contribution in [-0.4, -0.2) is 0 Å². The van der Waals surface area contributed by atoms with Crippen molar-refractivity contribution in [2.75, 3.05) is 5.32 Å². The lowest BCUT2D eigenvalue weighted by atomic mass is 10.1. The molecular weight excluding hydrogens is 271 g/mol. The van der Waals surface area contributed by atoms with E-state index in [1.807, 2.05) is 19.9 Å². The van der Waals surface area contributed by atoms with Crippen molar-refractivity contribution in [3.63, 3.8) is 0 Å². The third-order valence-corrected chi connectivity index (χ3v) is 4.06. The molecule has 0 spiro atoms. The number of thiophene rings is 1. The Bertz CT molecular complexity index is 553. The minimum Gasteiger partial charge on any atom is -0.380 e. The van der Waals surface area contributed by atoms with E-state index in [1.165, 1.54) is 22.6 Å². The van der Waals surface area contributed by atoms with Crippen molar-refractivity contribution in [2.24, 2.45) is 0 Å². The maximum absolute atomic E-state index is 12.8. The topological polar surface area (TPSA) is 12.0 Å². The Kier molecular flexibility index (Phi) is 3.85. The first kappa shape index (κ1) is 13.9. The van der Waals surface area contributed by atoms with Gasteiger partial charge in [-0.25, -0.2) is 0 Å². The van der Waals surface area contributed by atoms with Crippen LogP contribution in [0.5, 0.6) is 0 Å². The maximum atomic E-state index is 12.8. The van der Waals surface area contributed by atoms with Crippen molar-refractivity contribution in [1.82, 2.24) is 0 Å². The quantitative estimate of drug-likeness (QED) is 0.837. The molecule has 19 heavy (non-hydrogen) atoms. The number of para-hydroxylation sites is 1. The molecule has 1 aromatic heterocycles. The second-order valence-electron chi connectivity index (χ2n) is 4.35. The number of nitrogens with one attached hydrogen (secondary N) is 1. The number of hydrogen-bond donors (Lipinski definition) is 1. The fourth-order valence-corrected chi connectivity index (χ4v) is 2.80. The van der Waals surface area contributed by atoms with Crippen LogP contribution >= 0.6 is 11.3 Å². The number of rotatable bonds is 3. The monoisotopic (exact) mass is 285 g/mol. The van der Waals surface area contributed by atoms with Crippen molar-refractivity contribution in [2.45, 2.75) is 26.6 Å². The summed E-state index contributed by atoms with van der Waals surface area (Å²) in [5, 5.41) is 2.87. The molecule has 1 nitrogen and oxygen atoms in total. The average molecular weight is 285 g/mol. The summed E-state index contributed by atoms with van der Waals surface area (Å²) >= 11 is 1.60. The molecule has 1 N–H and O–H groups in total. The lowest BCUT2D eigenvalue weighted by molar-refractivity contribution is -0.136. The van der Waals surface area contributed by atoms with Gasteiger partial charge in [-0.2, -0.15) is 13.2 Å². The summed E-state index contributed by atoms with van der Waals surface area (Å²) in [4.78, 5) is 2.23. The molecule has 1 aromatic carbocycles. The molecule has 0 atom stereocenters. The third-order valence-electron chi connectivity index (χ3n) is 2.90. The van der Waals surface area contributed by atoms with Gasteiger partial charge in [0, 0.05) is 22.0 Å². The van der Waals surface area contributed by atoms with E-state index in [0.717, 1.165) is 10.9 Å². The van der Waals surface area contributed by atoms with Gasteiger partial charge in [0.2, 0.25) is 0 Å². The smallest absolute Gasteiger partial charge is 0.380 e. The summed E-state index contributed by atoms with van der Waals surface area (Å²) in [6, 6.07) is 7.54. The first-order valence-corrected chi connectivity index (χ1v) is 6.65. The average Bonchev–Trinajstić information content (AvgIpc) is 2.65. The second-order valence-corrected chi connectivity index (χ2v) is 5.69. The van der Waals surface area contributed by atoms with Crippen molar-refractivity contribution >= 4 is 17.0 Å². The van der Waals surface area contributed by atoms with Crippen LogP contribution in [0.4, 0.5) is 18.9 Å². The molecule has 0 unspecified atom stereocenters. The Labute approximate surface area is 114 Å². The van der Waals surface area contributed by atoms with Gasteiger partial charge in [-0.3, -0.25) is 0 Å². The zero-order valence-corrected chi connectivity index (χ0v) is 11.5. The van der Waals surface area contributed by atoms with Crippen molar-refractivity contribution in [3.8, 4) is 0 Å². The number of benzene rings is 1. The SMILES string of the molecule is Cc1cc(CNc2ccccc2C(F)(F)F)sc1C. The molecule has 0 saturated carbocycles. The molecule has 0 aliphatic rings. The first-order chi connectivity index (χ1) is 8.88. The van der Waals surface area contributed by atoms with Gasteiger partial charge in [-0.1, -0.05) is 12.1 Å². The number of aryl methyl sites for hydroxylation is 2. The van der Waals surface area contributed by atoms with Crippen LogP contribution in [0, 0.1) is 13.8 Å². The van der Waals surface area contributed by atoms with E-state index in [-0.39, 0.29) is 5.69 Å². The third kappa shape index (κ3) is 3.29. The Hall–Kier alpha value is -1.49. The number of alkyl halides is 3. The fraction of sp³-hybridized carbons (Fsp3) is 0.286. The van der Waals surface area contributed by atoms with E-state index in [1.54, 1.807) is 17.4 Å². The standard InChI is InChI=1S/C14H14F3NS/c1-9-7-11(19-10(9)2)8-18-13-6-4-3-5-12(13)14(15,16)17/h3-7,18H,8H2,1-2H3. The van der Waals surface area contributed by atoms with E-state index in [2.05, 4.69) is 5.32 Å². The maximum Gasteiger partial charge on any atom is 0.418 e. The molecule has 1 heterocycles. The van der Waals surface area contributed by atoms with Crippen molar-refractivity contribution < 1.29 is 13.2 Å². The molecule has 5 heteroatoms. The second kappa shape index (κ2) is 5.25. The molecule has 102 valence electrons. The van der Waals surface area contributed by atoms with Crippen LogP contribution in [0.15, 0.2) is 30.3 Å². The van der Waals surface area contributed by atoms with Gasteiger partial charge < -0.3 is 5.32 Å². The summed E-state index contributed by atoms with van der Waals surface area (Å²) in [6.07, 6.45) is -4.33. The highest BCUT2D eigenvalue weighted by Crippen LogP contribution is 2.35. The van der Waals surface area contributed by atoms with Gasteiger partial charge in [0.25, 0.3) is 0 Å². The minimum atomic E-state index is -4.33. The Morgan fingerprint density at radius 1 is 1.16 bits per heavy atom. The van der Waals surface area contributed by atoms with E-state index < -0.39 is 11.7 Å². The first-order valence-electron chi connectivity index (χ1n) is 5.84. The number of anilines is 1. The summed E-state index contributed by atoms with van der Waals surface area (Å²) < 4.78 is 38.4. The molecule has 2 aromatic rings. The zero-order chi connectivity index (χ0) is 14.0. The molecule has 0 aliphatic heterocycles. The predicted octanol–water partition coefficient (Wildman–Crippen LogP) is 5.00. The highest BCUT2D eigenvalue weighted by molar-refractivity contribution is 7.12. The van der Waals surface area contributed by atoms with Gasteiger partial charge in [-0.05, 0) is 37.6 Å². The van der Waals surface area contributed by atoms with Gasteiger partial charge in [0.1, 0.15) is 0 Å². The van der Waals surface area contributed by atoms with Crippen LogP contribution in [-0.2, 0) is 12.7 Å². The van der Waals surface area contributed by atoms with Gasteiger partial charge in [-0.15, -0.1) is 11.3 Å². The van der Waals surface area contributed by atoms with E-state index >= 15 is 0 Å². The highest BCUT2D eigenvalue weighted by Gasteiger charge is 2.33. The van der Waals surface area contributed by atoms with Crippen molar-refractivity contribution in [3.05, 3.63) is 51.2 Å². The Morgan fingerprint density at radius 3 is 2.42 bits per heavy atom. The molecule has 0 radical (unpaired) electrons. The Balaban J connectivity index is 2.16. The summed E-state index contributed by atoms with van der Waals surface area (Å²) in [6.45, 7) is 4.42. The molecule has 0 amide bonds. The van der Waals surface area contributed by atoms with Crippen LogP contribution in [0.2, 0.25) is 0 Å². The van der Waals surface area contributed by atoms with Gasteiger partial charge in [0.15, 0.2) is 0 Å². The molecular formula is C14H14F3NS. The summed E-state index contributed by atoms with van der Waals surface area (Å²) in [5.74, 6) is 0. The van der Waals surface area contributed by atoms with Crippen LogP contribution < -0.4 is 5.32 Å². The van der Waals surface area contributed by atoms with Gasteiger partial charge >= 0.3 is 6.18 Å². The lowest BCUT2D eigenvalue weighted by Gasteiger charge is -2.13. The Morgan fingerprint density at radius 2 is 1.84 bits per heavy atom.